The van der Waals surface area contributed by atoms with Crippen LogP contribution < -0.4 is 5.32 Å². The molecule has 1 rings (SSSR count). The van der Waals surface area contributed by atoms with Crippen LogP contribution in [0.4, 0.5) is 8.78 Å². The summed E-state index contributed by atoms with van der Waals surface area (Å²) in [5.74, 6) is 0. The Morgan fingerprint density at radius 3 is 2.58 bits per heavy atom. The van der Waals surface area contributed by atoms with Crippen molar-refractivity contribution < 1.29 is 8.78 Å². The van der Waals surface area contributed by atoms with Gasteiger partial charge in [0.1, 0.15) is 0 Å². The van der Waals surface area contributed by atoms with Crippen LogP contribution in [0.5, 0.6) is 0 Å². The van der Waals surface area contributed by atoms with Gasteiger partial charge in [0.2, 0.25) is 0 Å². The lowest BCUT2D eigenvalue weighted by Crippen LogP contribution is -2.55. The fourth-order valence-electron chi connectivity index (χ4n) is 1.28. The highest BCUT2D eigenvalue weighted by Gasteiger charge is 2.30. The molecule has 0 aliphatic carbocycles. The van der Waals surface area contributed by atoms with Crippen molar-refractivity contribution in [3.63, 3.8) is 0 Å². The van der Waals surface area contributed by atoms with Gasteiger partial charge in [0.15, 0.2) is 12.6 Å². The molecule has 2 unspecified atom stereocenters. The third-order valence-corrected chi connectivity index (χ3v) is 2.06. The van der Waals surface area contributed by atoms with Gasteiger partial charge in [-0.05, 0) is 14.1 Å². The zero-order valence-electron chi connectivity index (χ0n) is 7.43. The summed E-state index contributed by atoms with van der Waals surface area (Å²) in [6.45, 7) is 0.677. The highest BCUT2D eigenvalue weighted by Crippen LogP contribution is 2.14. The fraction of sp³-hybridized carbons (Fsp3) is 1.00. The van der Waals surface area contributed by atoms with Crippen LogP contribution >= 0.6 is 0 Å². The first-order chi connectivity index (χ1) is 5.65. The lowest BCUT2D eigenvalue weighted by Gasteiger charge is -2.37. The number of halogens is 2. The van der Waals surface area contributed by atoms with Gasteiger partial charge in [0.25, 0.3) is 0 Å². The normalized spacial score (nSPS) is 34.0. The average molecular weight is 179 g/mol. The summed E-state index contributed by atoms with van der Waals surface area (Å²) >= 11 is 0. The van der Waals surface area contributed by atoms with E-state index < -0.39 is 12.6 Å². The second kappa shape index (κ2) is 4.11. The van der Waals surface area contributed by atoms with Crippen LogP contribution in [0.3, 0.4) is 0 Å². The van der Waals surface area contributed by atoms with E-state index in [2.05, 4.69) is 5.32 Å². The molecule has 0 aromatic heterocycles. The smallest absolute Gasteiger partial charge is 0.167 e. The van der Waals surface area contributed by atoms with Gasteiger partial charge in [0, 0.05) is 13.1 Å². The molecule has 1 aliphatic rings. The van der Waals surface area contributed by atoms with Gasteiger partial charge >= 0.3 is 0 Å². The third kappa shape index (κ3) is 2.12. The standard InChI is InChI=1S/C7H15F2N3/c1-10-5-12-4-6(8)11(2)3-7(12)9/h6-7,10H,3-5H2,1-2H3. The van der Waals surface area contributed by atoms with Crippen molar-refractivity contribution in [1.82, 2.24) is 15.1 Å². The Labute approximate surface area is 71.3 Å². The monoisotopic (exact) mass is 179 g/mol. The van der Waals surface area contributed by atoms with E-state index in [1.54, 1.807) is 14.1 Å². The van der Waals surface area contributed by atoms with Crippen LogP contribution in [-0.4, -0.2) is 56.2 Å². The van der Waals surface area contributed by atoms with Crippen molar-refractivity contribution in [2.75, 3.05) is 33.9 Å². The largest absolute Gasteiger partial charge is 0.307 e. The van der Waals surface area contributed by atoms with Crippen LogP contribution in [0, 0.1) is 0 Å². The number of rotatable bonds is 2. The summed E-state index contributed by atoms with van der Waals surface area (Å²) in [5, 5.41) is 2.80. The Bertz CT molecular complexity index is 145. The molecule has 2 atom stereocenters. The molecule has 0 spiro atoms. The lowest BCUT2D eigenvalue weighted by molar-refractivity contribution is -0.0653. The number of likely N-dealkylation sites (N-methyl/N-ethyl adjacent to an activating group) is 1. The highest BCUT2D eigenvalue weighted by atomic mass is 19.1. The predicted octanol–water partition coefficient (Wildman–Crippen LogP) is 0.00190. The summed E-state index contributed by atoms with van der Waals surface area (Å²) in [7, 11) is 3.31. The Balaban J connectivity index is 2.43. The van der Waals surface area contributed by atoms with Crippen LogP contribution in [0.15, 0.2) is 0 Å². The maximum atomic E-state index is 13.1. The summed E-state index contributed by atoms with van der Waals surface area (Å²) < 4.78 is 26.2. The number of nitrogens with one attached hydrogen (secondary N) is 1. The number of hydrogen-bond acceptors (Lipinski definition) is 3. The lowest BCUT2D eigenvalue weighted by atomic mass is 10.3. The van der Waals surface area contributed by atoms with Crippen LogP contribution in [0.25, 0.3) is 0 Å². The number of hydrogen-bond donors (Lipinski definition) is 1. The molecule has 0 radical (unpaired) electrons. The average Bonchev–Trinajstić information content (AvgIpc) is 2.01. The second-order valence-corrected chi connectivity index (χ2v) is 3.09. The minimum atomic E-state index is -1.06. The molecular weight excluding hydrogens is 164 g/mol. The van der Waals surface area contributed by atoms with E-state index >= 15 is 0 Å². The molecule has 0 aromatic carbocycles. The van der Waals surface area contributed by atoms with Crippen molar-refractivity contribution in [3.05, 3.63) is 0 Å². The van der Waals surface area contributed by atoms with E-state index in [1.807, 2.05) is 0 Å². The molecule has 0 bridgehead atoms. The Morgan fingerprint density at radius 1 is 1.33 bits per heavy atom. The molecule has 1 fully saturated rings. The minimum absolute atomic E-state index is 0.137. The van der Waals surface area contributed by atoms with Crippen LogP contribution in [0.1, 0.15) is 0 Å². The molecule has 12 heavy (non-hydrogen) atoms. The topological polar surface area (TPSA) is 18.5 Å². The molecule has 1 N–H and O–H groups in total. The summed E-state index contributed by atoms with van der Waals surface area (Å²) in [5.41, 5.74) is 0. The van der Waals surface area contributed by atoms with Gasteiger partial charge in [-0.15, -0.1) is 0 Å². The molecule has 1 saturated heterocycles. The number of alkyl halides is 2. The zero-order chi connectivity index (χ0) is 9.14. The molecular formula is C7H15F2N3. The Kier molecular flexibility index (Phi) is 3.37. The Morgan fingerprint density at radius 2 is 2.00 bits per heavy atom. The molecule has 0 amide bonds. The van der Waals surface area contributed by atoms with Crippen LogP contribution in [-0.2, 0) is 0 Å². The van der Waals surface area contributed by atoms with Gasteiger partial charge in [-0.3, -0.25) is 9.80 Å². The Hall–Kier alpha value is -0.260. The van der Waals surface area contributed by atoms with Gasteiger partial charge < -0.3 is 5.32 Å². The summed E-state index contributed by atoms with van der Waals surface area (Å²) in [6, 6.07) is 0. The van der Waals surface area contributed by atoms with Crippen molar-refractivity contribution >= 4 is 0 Å². The van der Waals surface area contributed by atoms with E-state index in [-0.39, 0.29) is 13.1 Å². The molecule has 3 nitrogen and oxygen atoms in total. The molecule has 0 saturated carbocycles. The van der Waals surface area contributed by atoms with E-state index in [0.717, 1.165) is 0 Å². The zero-order valence-corrected chi connectivity index (χ0v) is 7.43. The van der Waals surface area contributed by atoms with E-state index in [4.69, 9.17) is 0 Å². The first kappa shape index (κ1) is 9.83. The SMILES string of the molecule is CNCN1CC(F)N(C)CC1F. The molecule has 1 aliphatic heterocycles. The third-order valence-electron chi connectivity index (χ3n) is 2.06. The van der Waals surface area contributed by atoms with E-state index in [0.29, 0.717) is 6.67 Å². The van der Waals surface area contributed by atoms with E-state index in [1.165, 1.54) is 9.80 Å². The number of piperazine rings is 1. The summed E-state index contributed by atoms with van der Waals surface area (Å²) in [4.78, 5) is 2.83. The van der Waals surface area contributed by atoms with E-state index in [9.17, 15) is 8.78 Å². The predicted molar refractivity (Wildman–Crippen MR) is 43.1 cm³/mol. The van der Waals surface area contributed by atoms with Crippen molar-refractivity contribution in [2.45, 2.75) is 12.6 Å². The maximum Gasteiger partial charge on any atom is 0.167 e. The molecule has 72 valence electrons. The fourth-order valence-corrected chi connectivity index (χ4v) is 1.28. The minimum Gasteiger partial charge on any atom is -0.307 e. The van der Waals surface area contributed by atoms with Gasteiger partial charge in [-0.25, -0.2) is 8.78 Å². The van der Waals surface area contributed by atoms with Gasteiger partial charge in [0.05, 0.1) is 6.67 Å². The van der Waals surface area contributed by atoms with Crippen LogP contribution in [0.2, 0.25) is 0 Å². The van der Waals surface area contributed by atoms with Crippen molar-refractivity contribution in [2.24, 2.45) is 0 Å². The van der Waals surface area contributed by atoms with Gasteiger partial charge in [-0.2, -0.15) is 0 Å². The quantitative estimate of drug-likeness (QED) is 0.602. The molecule has 1 heterocycles. The molecule has 0 aromatic rings. The highest BCUT2D eigenvalue weighted by molar-refractivity contribution is 4.75. The van der Waals surface area contributed by atoms with Gasteiger partial charge in [-0.1, -0.05) is 0 Å². The summed E-state index contributed by atoms with van der Waals surface area (Å²) in [6.07, 6.45) is -2.11. The maximum absolute atomic E-state index is 13.1. The number of nitrogens with zero attached hydrogens (tertiary/aromatic N) is 2. The first-order valence-electron chi connectivity index (χ1n) is 4.02. The van der Waals surface area contributed by atoms with Crippen molar-refractivity contribution in [1.29, 1.82) is 0 Å². The second-order valence-electron chi connectivity index (χ2n) is 3.09. The first-order valence-corrected chi connectivity index (χ1v) is 4.02. The molecule has 5 heteroatoms. The van der Waals surface area contributed by atoms with Crippen molar-refractivity contribution in [3.8, 4) is 0 Å².